The molecule has 0 bridgehead atoms. The van der Waals surface area contributed by atoms with E-state index in [1.165, 1.54) is 11.1 Å². The minimum atomic E-state index is 0.840. The molecule has 2 N–H and O–H groups in total. The first-order chi connectivity index (χ1) is 9.15. The van der Waals surface area contributed by atoms with Crippen LogP contribution in [0.2, 0.25) is 0 Å². The fraction of sp³-hybridized carbons (Fsp3) is 0.200. The summed E-state index contributed by atoms with van der Waals surface area (Å²) in [6, 6.07) is 6.31. The number of aryl methyl sites for hydroxylation is 3. The highest BCUT2D eigenvalue weighted by Crippen LogP contribution is 2.26. The molecule has 2 heterocycles. The van der Waals surface area contributed by atoms with Crippen molar-refractivity contribution >= 4 is 22.5 Å². The summed E-state index contributed by atoms with van der Waals surface area (Å²) in [5.41, 5.74) is 5.60. The lowest BCUT2D eigenvalue weighted by molar-refractivity contribution is 1.20. The number of rotatable bonds is 2. The van der Waals surface area contributed by atoms with Crippen LogP contribution in [0.5, 0.6) is 0 Å². The second-order valence-corrected chi connectivity index (χ2v) is 4.84. The third kappa shape index (κ3) is 2.05. The lowest BCUT2D eigenvalue weighted by Crippen LogP contribution is -1.96. The van der Waals surface area contributed by atoms with Crippen LogP contribution in [-0.4, -0.2) is 15.0 Å². The van der Waals surface area contributed by atoms with Gasteiger partial charge < -0.3 is 10.3 Å². The standard InChI is InChI=1S/C15H16N4/c1-9-4-5-12(6-10(9)2)19-15-13-11(3)7-16-14(13)17-8-18-15/h4-8H,1-3H3,(H2,16,17,18,19). The van der Waals surface area contributed by atoms with Crippen LogP contribution in [0.4, 0.5) is 11.5 Å². The predicted octanol–water partition coefficient (Wildman–Crippen LogP) is 3.63. The molecule has 0 aliphatic heterocycles. The van der Waals surface area contributed by atoms with Crippen LogP contribution >= 0.6 is 0 Å². The van der Waals surface area contributed by atoms with Crippen LogP contribution in [0.15, 0.2) is 30.7 Å². The highest BCUT2D eigenvalue weighted by molar-refractivity contribution is 5.91. The molecular formula is C15H16N4. The number of fused-ring (bicyclic) bond motifs is 1. The molecular weight excluding hydrogens is 236 g/mol. The lowest BCUT2D eigenvalue weighted by atomic mass is 10.1. The molecule has 0 fully saturated rings. The average molecular weight is 252 g/mol. The highest BCUT2D eigenvalue weighted by atomic mass is 15.0. The molecule has 0 saturated carbocycles. The van der Waals surface area contributed by atoms with Crippen molar-refractivity contribution in [1.29, 1.82) is 0 Å². The van der Waals surface area contributed by atoms with Crippen molar-refractivity contribution in [3.05, 3.63) is 47.4 Å². The van der Waals surface area contributed by atoms with Gasteiger partial charge in [0, 0.05) is 11.9 Å². The molecule has 0 aliphatic rings. The van der Waals surface area contributed by atoms with Crippen molar-refractivity contribution in [2.24, 2.45) is 0 Å². The Morgan fingerprint density at radius 1 is 1.00 bits per heavy atom. The Bertz CT molecular complexity index is 743. The second kappa shape index (κ2) is 4.39. The zero-order valence-corrected chi connectivity index (χ0v) is 11.3. The van der Waals surface area contributed by atoms with E-state index >= 15 is 0 Å². The van der Waals surface area contributed by atoms with E-state index in [2.05, 4.69) is 52.3 Å². The third-order valence-corrected chi connectivity index (χ3v) is 3.44. The Morgan fingerprint density at radius 3 is 2.63 bits per heavy atom. The predicted molar refractivity (Wildman–Crippen MR) is 77.8 cm³/mol. The van der Waals surface area contributed by atoms with E-state index in [0.29, 0.717) is 0 Å². The average Bonchev–Trinajstić information content (AvgIpc) is 2.77. The zero-order chi connectivity index (χ0) is 13.4. The fourth-order valence-corrected chi connectivity index (χ4v) is 2.17. The molecule has 0 unspecified atom stereocenters. The van der Waals surface area contributed by atoms with E-state index in [1.54, 1.807) is 6.33 Å². The largest absolute Gasteiger partial charge is 0.346 e. The Balaban J connectivity index is 2.05. The monoisotopic (exact) mass is 252 g/mol. The van der Waals surface area contributed by atoms with Gasteiger partial charge in [0.25, 0.3) is 0 Å². The number of hydrogen-bond donors (Lipinski definition) is 2. The summed E-state index contributed by atoms with van der Waals surface area (Å²) in [5, 5.41) is 4.41. The molecule has 0 aliphatic carbocycles. The van der Waals surface area contributed by atoms with Crippen molar-refractivity contribution in [3.63, 3.8) is 0 Å². The number of anilines is 2. The van der Waals surface area contributed by atoms with Crippen molar-refractivity contribution in [3.8, 4) is 0 Å². The van der Waals surface area contributed by atoms with Gasteiger partial charge in [-0.05, 0) is 49.6 Å². The number of H-pyrrole nitrogens is 1. The Labute approximate surface area is 111 Å². The second-order valence-electron chi connectivity index (χ2n) is 4.84. The summed E-state index contributed by atoms with van der Waals surface area (Å²) in [5.74, 6) is 0.840. The van der Waals surface area contributed by atoms with Gasteiger partial charge in [-0.3, -0.25) is 0 Å². The van der Waals surface area contributed by atoms with Crippen LogP contribution in [0.1, 0.15) is 16.7 Å². The summed E-state index contributed by atoms with van der Waals surface area (Å²) in [4.78, 5) is 11.7. The van der Waals surface area contributed by atoms with E-state index in [-0.39, 0.29) is 0 Å². The molecule has 0 saturated heterocycles. The van der Waals surface area contributed by atoms with Gasteiger partial charge in [-0.2, -0.15) is 0 Å². The number of aromatic nitrogens is 3. The molecule has 19 heavy (non-hydrogen) atoms. The first-order valence-electron chi connectivity index (χ1n) is 6.28. The third-order valence-electron chi connectivity index (χ3n) is 3.44. The smallest absolute Gasteiger partial charge is 0.143 e. The van der Waals surface area contributed by atoms with Gasteiger partial charge in [0.2, 0.25) is 0 Å². The number of benzene rings is 1. The van der Waals surface area contributed by atoms with E-state index in [0.717, 1.165) is 28.1 Å². The maximum Gasteiger partial charge on any atom is 0.143 e. The van der Waals surface area contributed by atoms with E-state index in [9.17, 15) is 0 Å². The van der Waals surface area contributed by atoms with Gasteiger partial charge in [0.15, 0.2) is 0 Å². The highest BCUT2D eigenvalue weighted by Gasteiger charge is 2.08. The van der Waals surface area contributed by atoms with Gasteiger partial charge in [-0.25, -0.2) is 9.97 Å². The number of hydrogen-bond acceptors (Lipinski definition) is 3. The van der Waals surface area contributed by atoms with Crippen LogP contribution in [0.3, 0.4) is 0 Å². The normalized spacial score (nSPS) is 10.9. The van der Waals surface area contributed by atoms with Crippen LogP contribution in [0.25, 0.3) is 11.0 Å². The minimum Gasteiger partial charge on any atom is -0.346 e. The number of aromatic amines is 1. The molecule has 2 aromatic heterocycles. The van der Waals surface area contributed by atoms with Crippen LogP contribution in [0, 0.1) is 20.8 Å². The summed E-state index contributed by atoms with van der Waals surface area (Å²) >= 11 is 0. The first-order valence-corrected chi connectivity index (χ1v) is 6.28. The molecule has 0 spiro atoms. The van der Waals surface area contributed by atoms with E-state index in [4.69, 9.17) is 0 Å². The van der Waals surface area contributed by atoms with Crippen LogP contribution < -0.4 is 5.32 Å². The molecule has 0 amide bonds. The first kappa shape index (κ1) is 11.7. The molecule has 4 nitrogen and oxygen atoms in total. The quantitative estimate of drug-likeness (QED) is 0.732. The molecule has 0 atom stereocenters. The molecule has 1 aromatic carbocycles. The summed E-state index contributed by atoms with van der Waals surface area (Å²) in [6.07, 6.45) is 3.52. The Morgan fingerprint density at radius 2 is 1.84 bits per heavy atom. The summed E-state index contributed by atoms with van der Waals surface area (Å²) < 4.78 is 0. The summed E-state index contributed by atoms with van der Waals surface area (Å²) in [6.45, 7) is 6.27. The van der Waals surface area contributed by atoms with Crippen molar-refractivity contribution < 1.29 is 0 Å². The maximum absolute atomic E-state index is 4.35. The van der Waals surface area contributed by atoms with Crippen LogP contribution in [-0.2, 0) is 0 Å². The Kier molecular flexibility index (Phi) is 2.71. The van der Waals surface area contributed by atoms with Gasteiger partial charge in [-0.1, -0.05) is 6.07 Å². The van der Waals surface area contributed by atoms with E-state index < -0.39 is 0 Å². The van der Waals surface area contributed by atoms with Crippen molar-refractivity contribution in [2.75, 3.05) is 5.32 Å². The van der Waals surface area contributed by atoms with Gasteiger partial charge >= 0.3 is 0 Å². The molecule has 4 heteroatoms. The SMILES string of the molecule is Cc1ccc(Nc2ncnc3[nH]cc(C)c23)cc1C. The fourth-order valence-electron chi connectivity index (χ4n) is 2.17. The summed E-state index contributed by atoms with van der Waals surface area (Å²) in [7, 11) is 0. The molecule has 3 rings (SSSR count). The molecule has 3 aromatic rings. The van der Waals surface area contributed by atoms with Gasteiger partial charge in [0.1, 0.15) is 17.8 Å². The van der Waals surface area contributed by atoms with E-state index in [1.807, 2.05) is 13.1 Å². The van der Waals surface area contributed by atoms with Crippen molar-refractivity contribution in [2.45, 2.75) is 20.8 Å². The Hall–Kier alpha value is -2.36. The van der Waals surface area contributed by atoms with Gasteiger partial charge in [0.05, 0.1) is 5.39 Å². The molecule has 0 radical (unpaired) electrons. The molecule has 96 valence electrons. The topological polar surface area (TPSA) is 53.6 Å². The number of nitrogens with zero attached hydrogens (tertiary/aromatic N) is 2. The minimum absolute atomic E-state index is 0.840. The lowest BCUT2D eigenvalue weighted by Gasteiger charge is -2.09. The van der Waals surface area contributed by atoms with Crippen molar-refractivity contribution in [1.82, 2.24) is 15.0 Å². The number of nitrogens with one attached hydrogen (secondary N) is 2. The zero-order valence-electron chi connectivity index (χ0n) is 11.3. The maximum atomic E-state index is 4.35. The van der Waals surface area contributed by atoms with Gasteiger partial charge in [-0.15, -0.1) is 0 Å².